The maximum atomic E-state index is 12.6. The number of non-ortho nitro benzene ring substituents is 2. The third kappa shape index (κ3) is 2.40. The van der Waals surface area contributed by atoms with E-state index in [1.165, 1.54) is 12.1 Å². The molecule has 2 aromatic rings. The number of nitrogens with zero attached hydrogens (tertiary/aromatic N) is 3. The van der Waals surface area contributed by atoms with Gasteiger partial charge in [0, 0.05) is 35.2 Å². The molecule has 0 aromatic heterocycles. The van der Waals surface area contributed by atoms with E-state index in [0.29, 0.717) is 6.42 Å². The van der Waals surface area contributed by atoms with Gasteiger partial charge >= 0.3 is 0 Å². The lowest BCUT2D eigenvalue weighted by Gasteiger charge is -2.26. The smallest absolute Gasteiger partial charge is 0.274 e. The summed E-state index contributed by atoms with van der Waals surface area (Å²) in [4.78, 5) is 47.4. The van der Waals surface area contributed by atoms with E-state index in [4.69, 9.17) is 0 Å². The van der Waals surface area contributed by atoms with Crippen molar-refractivity contribution in [3.05, 3.63) is 55.6 Å². The first-order valence-corrected chi connectivity index (χ1v) is 7.63. The minimum atomic E-state index is -0.756. The van der Waals surface area contributed by atoms with Gasteiger partial charge in [-0.05, 0) is 18.6 Å². The fraction of sp³-hybridized carbons (Fsp3) is 0.250. The molecular formula is C16H13N3O6. The Hall–Kier alpha value is -3.36. The monoisotopic (exact) mass is 343 g/mol. The maximum Gasteiger partial charge on any atom is 0.284 e. The van der Waals surface area contributed by atoms with Gasteiger partial charge in [0.2, 0.25) is 0 Å². The average Bonchev–Trinajstić information content (AvgIpc) is 2.58. The number of nitro groups is 2. The van der Waals surface area contributed by atoms with Crippen molar-refractivity contribution in [2.45, 2.75) is 19.8 Å². The summed E-state index contributed by atoms with van der Waals surface area (Å²) in [6.07, 6.45) is 1.40. The molecule has 0 saturated carbocycles. The van der Waals surface area contributed by atoms with Crippen molar-refractivity contribution in [3.8, 4) is 0 Å². The van der Waals surface area contributed by atoms with Crippen molar-refractivity contribution in [2.75, 3.05) is 6.54 Å². The van der Waals surface area contributed by atoms with Gasteiger partial charge in [0.15, 0.2) is 0 Å². The van der Waals surface area contributed by atoms with E-state index in [0.717, 1.165) is 23.5 Å². The second-order valence-corrected chi connectivity index (χ2v) is 5.64. The van der Waals surface area contributed by atoms with Gasteiger partial charge in [-0.25, -0.2) is 0 Å². The predicted octanol–water partition coefficient (Wildman–Crippen LogP) is 3.05. The number of imide groups is 1. The summed E-state index contributed by atoms with van der Waals surface area (Å²) in [6, 6.07) is 4.64. The minimum Gasteiger partial charge on any atom is -0.274 e. The summed E-state index contributed by atoms with van der Waals surface area (Å²) in [5.74, 6) is -1.18. The fourth-order valence-corrected chi connectivity index (χ4v) is 3.02. The third-order valence-electron chi connectivity index (χ3n) is 4.20. The van der Waals surface area contributed by atoms with Gasteiger partial charge in [-0.3, -0.25) is 34.7 Å². The Labute approximate surface area is 141 Å². The topological polar surface area (TPSA) is 124 Å². The van der Waals surface area contributed by atoms with Crippen LogP contribution in [-0.4, -0.2) is 33.1 Å². The molecule has 1 aliphatic rings. The summed E-state index contributed by atoms with van der Waals surface area (Å²) in [6.45, 7) is 2.14. The Morgan fingerprint density at radius 2 is 1.36 bits per heavy atom. The normalized spacial score (nSPS) is 13.4. The molecule has 0 fully saturated rings. The zero-order valence-electron chi connectivity index (χ0n) is 13.2. The summed E-state index contributed by atoms with van der Waals surface area (Å²) >= 11 is 0. The van der Waals surface area contributed by atoms with Gasteiger partial charge in [-0.15, -0.1) is 0 Å². The largest absolute Gasteiger partial charge is 0.284 e. The summed E-state index contributed by atoms with van der Waals surface area (Å²) < 4.78 is 0. The second kappa shape index (κ2) is 5.93. The van der Waals surface area contributed by atoms with E-state index in [-0.39, 0.29) is 28.4 Å². The average molecular weight is 343 g/mol. The Balaban J connectivity index is 2.37. The Kier molecular flexibility index (Phi) is 3.91. The molecule has 25 heavy (non-hydrogen) atoms. The molecule has 0 bridgehead atoms. The Bertz CT molecular complexity index is 884. The van der Waals surface area contributed by atoms with Crippen LogP contribution >= 0.6 is 0 Å². The van der Waals surface area contributed by atoms with Crippen LogP contribution in [0.1, 0.15) is 40.5 Å². The number of nitro benzene ring substituents is 2. The fourth-order valence-electron chi connectivity index (χ4n) is 3.02. The molecule has 0 N–H and O–H groups in total. The first-order chi connectivity index (χ1) is 11.9. The van der Waals surface area contributed by atoms with E-state index in [1.807, 2.05) is 6.92 Å². The SMILES string of the molecule is CCCCN1C(=O)c2ccc([N+](=O)[O-])c3c([N+](=O)[O-])ccc(c23)C1=O. The van der Waals surface area contributed by atoms with Crippen molar-refractivity contribution in [3.63, 3.8) is 0 Å². The number of carbonyl (C=O) groups excluding carboxylic acids is 2. The molecule has 2 aromatic carbocycles. The van der Waals surface area contributed by atoms with E-state index >= 15 is 0 Å². The van der Waals surface area contributed by atoms with Crippen molar-refractivity contribution >= 4 is 34.0 Å². The van der Waals surface area contributed by atoms with Crippen LogP contribution in [0.5, 0.6) is 0 Å². The minimum absolute atomic E-state index is 0.0221. The lowest BCUT2D eigenvalue weighted by atomic mass is 9.92. The van der Waals surface area contributed by atoms with Gasteiger partial charge in [-0.2, -0.15) is 0 Å². The second-order valence-electron chi connectivity index (χ2n) is 5.64. The number of amides is 2. The Morgan fingerprint density at radius 1 is 0.880 bits per heavy atom. The molecule has 3 rings (SSSR count). The van der Waals surface area contributed by atoms with Crippen molar-refractivity contribution in [1.29, 1.82) is 0 Å². The highest BCUT2D eigenvalue weighted by atomic mass is 16.6. The molecule has 1 aliphatic heterocycles. The molecule has 2 amide bonds. The number of hydrogen-bond donors (Lipinski definition) is 0. The van der Waals surface area contributed by atoms with Crippen LogP contribution in [0.3, 0.4) is 0 Å². The van der Waals surface area contributed by atoms with Crippen molar-refractivity contribution < 1.29 is 19.4 Å². The molecule has 1 heterocycles. The highest BCUT2D eigenvalue weighted by Gasteiger charge is 2.37. The molecule has 0 spiro atoms. The molecule has 9 heteroatoms. The number of rotatable bonds is 5. The van der Waals surface area contributed by atoms with Gasteiger partial charge in [0.05, 0.1) is 9.85 Å². The zero-order chi connectivity index (χ0) is 18.3. The summed E-state index contributed by atoms with van der Waals surface area (Å²) in [5.41, 5.74) is -0.880. The summed E-state index contributed by atoms with van der Waals surface area (Å²) in [5, 5.41) is 22.3. The van der Waals surface area contributed by atoms with E-state index < -0.39 is 33.0 Å². The van der Waals surface area contributed by atoms with Crippen LogP contribution < -0.4 is 0 Å². The van der Waals surface area contributed by atoms with Crippen molar-refractivity contribution in [2.24, 2.45) is 0 Å². The van der Waals surface area contributed by atoms with E-state index in [1.54, 1.807) is 0 Å². The number of carbonyl (C=O) groups is 2. The van der Waals surface area contributed by atoms with Crippen molar-refractivity contribution in [1.82, 2.24) is 4.90 Å². The van der Waals surface area contributed by atoms with Crippen LogP contribution in [0.2, 0.25) is 0 Å². The van der Waals surface area contributed by atoms with Gasteiger partial charge < -0.3 is 0 Å². The lowest BCUT2D eigenvalue weighted by molar-refractivity contribution is -0.390. The molecule has 0 atom stereocenters. The van der Waals surface area contributed by atoms with Crippen LogP contribution in [0.15, 0.2) is 24.3 Å². The number of unbranched alkanes of at least 4 members (excludes halogenated alkanes) is 1. The quantitative estimate of drug-likeness (QED) is 0.467. The zero-order valence-corrected chi connectivity index (χ0v) is 13.2. The first kappa shape index (κ1) is 16.5. The summed E-state index contributed by atoms with van der Waals surface area (Å²) in [7, 11) is 0. The molecule has 0 unspecified atom stereocenters. The first-order valence-electron chi connectivity index (χ1n) is 7.63. The highest BCUT2D eigenvalue weighted by Crippen LogP contribution is 2.40. The van der Waals surface area contributed by atoms with Gasteiger partial charge in [0.25, 0.3) is 23.2 Å². The van der Waals surface area contributed by atoms with Gasteiger partial charge in [-0.1, -0.05) is 13.3 Å². The van der Waals surface area contributed by atoms with Crippen LogP contribution in [0.4, 0.5) is 11.4 Å². The lowest BCUT2D eigenvalue weighted by Crippen LogP contribution is -2.40. The number of benzene rings is 2. The molecule has 128 valence electrons. The molecule has 0 saturated heterocycles. The van der Waals surface area contributed by atoms with E-state index in [9.17, 15) is 29.8 Å². The molecule has 0 radical (unpaired) electrons. The van der Waals surface area contributed by atoms with Crippen LogP contribution in [0.25, 0.3) is 10.8 Å². The molecule has 0 aliphatic carbocycles. The van der Waals surface area contributed by atoms with Crippen LogP contribution in [0, 0.1) is 20.2 Å². The van der Waals surface area contributed by atoms with E-state index in [2.05, 4.69) is 0 Å². The highest BCUT2D eigenvalue weighted by molar-refractivity contribution is 6.27. The predicted molar refractivity (Wildman–Crippen MR) is 87.5 cm³/mol. The number of hydrogen-bond acceptors (Lipinski definition) is 6. The van der Waals surface area contributed by atoms with Crippen LogP contribution in [-0.2, 0) is 0 Å². The van der Waals surface area contributed by atoms with Gasteiger partial charge in [0.1, 0.15) is 5.39 Å². The standard InChI is InChI=1S/C16H13N3O6/c1-2-3-8-17-15(20)9-4-6-11(18(22)23)14-12(19(24)25)7-5-10(13(9)14)16(17)21/h4-7H,2-3,8H2,1H3. The maximum absolute atomic E-state index is 12.6. The Morgan fingerprint density at radius 3 is 1.76 bits per heavy atom. The molecule has 9 nitrogen and oxygen atoms in total. The third-order valence-corrected chi connectivity index (χ3v) is 4.20. The molecular weight excluding hydrogens is 330 g/mol.